The third-order valence-electron chi connectivity index (χ3n) is 2.09. The molecule has 0 aromatic carbocycles. The molecule has 1 rings (SSSR count). The lowest BCUT2D eigenvalue weighted by molar-refractivity contribution is -0.266. The van der Waals surface area contributed by atoms with Gasteiger partial charge in [0.05, 0.1) is 19.3 Å². The average Bonchev–Trinajstić information content (AvgIpc) is 2.17. The van der Waals surface area contributed by atoms with Crippen molar-refractivity contribution in [2.24, 2.45) is 0 Å². The summed E-state index contributed by atoms with van der Waals surface area (Å²) in [5.74, 6) is 0. The van der Waals surface area contributed by atoms with Gasteiger partial charge in [-0.25, -0.2) is 0 Å². The highest BCUT2D eigenvalue weighted by Crippen LogP contribution is 2.20. The molecule has 3 N–H and O–H groups in total. The fourth-order valence-electron chi connectivity index (χ4n) is 1.34. The Kier molecular flexibility index (Phi) is 4.50. The standard InChI is InChI=1S/C9H16O5/c1-2-3-13-9-7(12)4-6(11)8(5-10)14-9/h2,6-12H,1,3-5H2/t6-,7-,8-,9-/m1/s1. The first-order chi connectivity index (χ1) is 6.69. The molecule has 0 bridgehead atoms. The van der Waals surface area contributed by atoms with Crippen LogP contribution in [0.4, 0.5) is 0 Å². The minimum absolute atomic E-state index is 0.146. The van der Waals surface area contributed by atoms with E-state index in [0.717, 1.165) is 0 Å². The number of aliphatic hydroxyl groups excluding tert-OH is 3. The fraction of sp³-hybridized carbons (Fsp3) is 0.778. The maximum atomic E-state index is 9.45. The Bertz CT molecular complexity index is 184. The molecule has 5 heteroatoms. The lowest BCUT2D eigenvalue weighted by Gasteiger charge is -2.35. The first-order valence-electron chi connectivity index (χ1n) is 4.54. The van der Waals surface area contributed by atoms with E-state index in [2.05, 4.69) is 6.58 Å². The van der Waals surface area contributed by atoms with Gasteiger partial charge in [-0.05, 0) is 0 Å². The van der Waals surface area contributed by atoms with Crippen molar-refractivity contribution in [3.05, 3.63) is 12.7 Å². The monoisotopic (exact) mass is 204 g/mol. The van der Waals surface area contributed by atoms with Gasteiger partial charge in [0.15, 0.2) is 6.29 Å². The van der Waals surface area contributed by atoms with Crippen molar-refractivity contribution in [3.8, 4) is 0 Å². The van der Waals surface area contributed by atoms with Gasteiger partial charge in [0.25, 0.3) is 0 Å². The van der Waals surface area contributed by atoms with Crippen LogP contribution in [0.1, 0.15) is 6.42 Å². The van der Waals surface area contributed by atoms with Gasteiger partial charge in [0, 0.05) is 6.42 Å². The second-order valence-electron chi connectivity index (χ2n) is 3.22. The summed E-state index contributed by atoms with van der Waals surface area (Å²) in [5.41, 5.74) is 0. The number of hydrogen-bond donors (Lipinski definition) is 3. The van der Waals surface area contributed by atoms with Crippen LogP contribution in [0.25, 0.3) is 0 Å². The van der Waals surface area contributed by atoms with E-state index in [9.17, 15) is 10.2 Å². The van der Waals surface area contributed by atoms with Crippen molar-refractivity contribution < 1.29 is 24.8 Å². The van der Waals surface area contributed by atoms with Crippen LogP contribution >= 0.6 is 0 Å². The van der Waals surface area contributed by atoms with E-state index < -0.39 is 24.6 Å². The van der Waals surface area contributed by atoms with Gasteiger partial charge in [-0.1, -0.05) is 6.08 Å². The van der Waals surface area contributed by atoms with Crippen LogP contribution in [0.15, 0.2) is 12.7 Å². The molecule has 0 aromatic heterocycles. The summed E-state index contributed by atoms with van der Waals surface area (Å²) in [6.07, 6.45) is -1.52. The fourth-order valence-corrected chi connectivity index (χ4v) is 1.34. The van der Waals surface area contributed by atoms with Crippen LogP contribution in [-0.4, -0.2) is 53.1 Å². The van der Waals surface area contributed by atoms with Gasteiger partial charge in [0.2, 0.25) is 0 Å². The van der Waals surface area contributed by atoms with E-state index in [1.165, 1.54) is 6.08 Å². The quantitative estimate of drug-likeness (QED) is 0.513. The van der Waals surface area contributed by atoms with Crippen LogP contribution < -0.4 is 0 Å². The SMILES string of the molecule is C=CCO[C@@H]1O[C@H](CO)[C@H](O)C[C@H]1O. The molecular formula is C9H16O5. The summed E-state index contributed by atoms with van der Waals surface area (Å²) < 4.78 is 10.3. The molecule has 14 heavy (non-hydrogen) atoms. The summed E-state index contributed by atoms with van der Waals surface area (Å²) in [6, 6.07) is 0. The normalized spacial score (nSPS) is 38.2. The smallest absolute Gasteiger partial charge is 0.184 e. The maximum absolute atomic E-state index is 9.45. The van der Waals surface area contributed by atoms with Crippen molar-refractivity contribution in [1.29, 1.82) is 0 Å². The summed E-state index contributed by atoms with van der Waals surface area (Å²) in [7, 11) is 0. The van der Waals surface area contributed by atoms with Crippen molar-refractivity contribution in [2.75, 3.05) is 13.2 Å². The highest BCUT2D eigenvalue weighted by atomic mass is 16.7. The van der Waals surface area contributed by atoms with Crippen molar-refractivity contribution in [3.63, 3.8) is 0 Å². The van der Waals surface area contributed by atoms with Crippen LogP contribution in [0.2, 0.25) is 0 Å². The van der Waals surface area contributed by atoms with E-state index >= 15 is 0 Å². The molecule has 0 spiro atoms. The molecule has 1 aliphatic heterocycles. The molecule has 0 radical (unpaired) electrons. The molecule has 0 unspecified atom stereocenters. The van der Waals surface area contributed by atoms with Gasteiger partial charge in [0.1, 0.15) is 12.2 Å². The van der Waals surface area contributed by atoms with Gasteiger partial charge < -0.3 is 24.8 Å². The lowest BCUT2D eigenvalue weighted by Crippen LogP contribution is -2.49. The van der Waals surface area contributed by atoms with E-state index in [-0.39, 0.29) is 19.6 Å². The number of aliphatic hydroxyl groups is 3. The van der Waals surface area contributed by atoms with Gasteiger partial charge >= 0.3 is 0 Å². The van der Waals surface area contributed by atoms with Crippen LogP contribution in [0.5, 0.6) is 0 Å². The van der Waals surface area contributed by atoms with Crippen LogP contribution in [-0.2, 0) is 9.47 Å². The highest BCUT2D eigenvalue weighted by Gasteiger charge is 2.36. The summed E-state index contributed by atoms with van der Waals surface area (Å²) in [6.45, 7) is 3.43. The Morgan fingerprint density at radius 2 is 2.14 bits per heavy atom. The van der Waals surface area contributed by atoms with Gasteiger partial charge in [-0.2, -0.15) is 0 Å². The molecule has 0 aromatic rings. The number of ether oxygens (including phenoxy) is 2. The van der Waals surface area contributed by atoms with Crippen molar-refractivity contribution in [1.82, 2.24) is 0 Å². The predicted octanol–water partition coefficient (Wildman–Crippen LogP) is -0.982. The number of rotatable bonds is 4. The third kappa shape index (κ3) is 2.76. The Balaban J connectivity index is 2.46. The first-order valence-corrected chi connectivity index (χ1v) is 4.54. The van der Waals surface area contributed by atoms with Gasteiger partial charge in [-0.15, -0.1) is 6.58 Å². The first kappa shape index (κ1) is 11.6. The van der Waals surface area contributed by atoms with E-state index in [1.807, 2.05) is 0 Å². The zero-order valence-electron chi connectivity index (χ0n) is 7.87. The molecule has 5 nitrogen and oxygen atoms in total. The summed E-state index contributed by atoms with van der Waals surface area (Å²) in [4.78, 5) is 0. The molecule has 0 saturated carbocycles. The minimum atomic E-state index is -0.868. The molecule has 4 atom stereocenters. The second kappa shape index (κ2) is 5.43. The topological polar surface area (TPSA) is 79.2 Å². The van der Waals surface area contributed by atoms with Crippen LogP contribution in [0, 0.1) is 0 Å². The van der Waals surface area contributed by atoms with E-state index in [4.69, 9.17) is 14.6 Å². The largest absolute Gasteiger partial charge is 0.394 e. The van der Waals surface area contributed by atoms with Crippen molar-refractivity contribution in [2.45, 2.75) is 31.0 Å². The minimum Gasteiger partial charge on any atom is -0.394 e. The third-order valence-corrected chi connectivity index (χ3v) is 2.09. The molecule has 82 valence electrons. The Hall–Kier alpha value is -0.460. The van der Waals surface area contributed by atoms with E-state index in [1.54, 1.807) is 0 Å². The average molecular weight is 204 g/mol. The highest BCUT2D eigenvalue weighted by molar-refractivity contribution is 4.81. The number of hydrogen-bond acceptors (Lipinski definition) is 5. The van der Waals surface area contributed by atoms with Gasteiger partial charge in [-0.3, -0.25) is 0 Å². The maximum Gasteiger partial charge on any atom is 0.184 e. The molecule has 1 aliphatic rings. The molecule has 1 fully saturated rings. The Labute approximate surface area is 82.6 Å². The molecule has 0 amide bonds. The lowest BCUT2D eigenvalue weighted by atomic mass is 10.0. The predicted molar refractivity (Wildman–Crippen MR) is 48.5 cm³/mol. The Morgan fingerprint density at radius 3 is 2.71 bits per heavy atom. The van der Waals surface area contributed by atoms with Crippen LogP contribution in [0.3, 0.4) is 0 Å². The van der Waals surface area contributed by atoms with Crippen molar-refractivity contribution >= 4 is 0 Å². The summed E-state index contributed by atoms with van der Waals surface area (Å²) >= 11 is 0. The zero-order chi connectivity index (χ0) is 10.6. The summed E-state index contributed by atoms with van der Waals surface area (Å²) in [5, 5.41) is 27.7. The molecule has 1 saturated heterocycles. The molecular weight excluding hydrogens is 188 g/mol. The molecule has 0 aliphatic carbocycles. The second-order valence-corrected chi connectivity index (χ2v) is 3.22. The molecule has 1 heterocycles. The van der Waals surface area contributed by atoms with E-state index in [0.29, 0.717) is 0 Å². The zero-order valence-corrected chi connectivity index (χ0v) is 7.87. The Morgan fingerprint density at radius 1 is 1.43 bits per heavy atom.